The average Bonchev–Trinajstić information content (AvgIpc) is 2.49. The predicted octanol–water partition coefficient (Wildman–Crippen LogP) is 5.48. The van der Waals surface area contributed by atoms with Crippen molar-refractivity contribution in [3.8, 4) is 0 Å². The number of amides is 1. The topological polar surface area (TPSA) is 29.1 Å². The maximum Gasteiger partial charge on any atom is 0.416 e. The highest BCUT2D eigenvalue weighted by Gasteiger charge is 2.31. The number of hydrogen-bond acceptors (Lipinski definition) is 2. The molecule has 2 rings (SSSR count). The highest BCUT2D eigenvalue weighted by atomic mass is 35.5. The number of carbonyl (C=O) groups excluding carboxylic acids is 1. The molecule has 0 aliphatic heterocycles. The van der Waals surface area contributed by atoms with Gasteiger partial charge >= 0.3 is 6.18 Å². The second-order valence-electron chi connectivity index (χ2n) is 4.75. The van der Waals surface area contributed by atoms with Gasteiger partial charge < -0.3 is 5.32 Å². The third-order valence-electron chi connectivity index (χ3n) is 2.98. The lowest BCUT2D eigenvalue weighted by molar-refractivity contribution is -0.137. The van der Waals surface area contributed by atoms with Crippen molar-refractivity contribution in [1.29, 1.82) is 0 Å². The molecular formula is C16H13ClF3NOS. The fourth-order valence-electron chi connectivity index (χ4n) is 1.79. The molecule has 2 aromatic rings. The molecule has 0 spiro atoms. The Morgan fingerprint density at radius 2 is 1.83 bits per heavy atom. The monoisotopic (exact) mass is 359 g/mol. The van der Waals surface area contributed by atoms with Gasteiger partial charge in [-0.2, -0.15) is 13.2 Å². The van der Waals surface area contributed by atoms with Crippen molar-refractivity contribution < 1.29 is 18.0 Å². The maximum atomic E-state index is 12.7. The summed E-state index contributed by atoms with van der Waals surface area (Å²) in [4.78, 5) is 13.1. The van der Waals surface area contributed by atoms with Crippen LogP contribution < -0.4 is 5.32 Å². The SMILES string of the molecule is C[C@H](Sc1ccccc1)C(=O)Nc1cc(C(F)(F)F)ccc1Cl. The Morgan fingerprint density at radius 1 is 1.17 bits per heavy atom. The first-order valence-corrected chi connectivity index (χ1v) is 7.92. The summed E-state index contributed by atoms with van der Waals surface area (Å²) < 4.78 is 38.2. The lowest BCUT2D eigenvalue weighted by Gasteiger charge is -2.14. The molecule has 2 aromatic carbocycles. The van der Waals surface area contributed by atoms with Crippen LogP contribution in [0.4, 0.5) is 18.9 Å². The van der Waals surface area contributed by atoms with Gasteiger partial charge in [-0.15, -0.1) is 11.8 Å². The molecule has 23 heavy (non-hydrogen) atoms. The van der Waals surface area contributed by atoms with Crippen LogP contribution >= 0.6 is 23.4 Å². The molecule has 0 aromatic heterocycles. The normalized spacial score (nSPS) is 12.7. The van der Waals surface area contributed by atoms with Crippen molar-refractivity contribution in [3.05, 3.63) is 59.1 Å². The third-order valence-corrected chi connectivity index (χ3v) is 4.42. The van der Waals surface area contributed by atoms with Gasteiger partial charge in [-0.25, -0.2) is 0 Å². The van der Waals surface area contributed by atoms with E-state index >= 15 is 0 Å². The van der Waals surface area contributed by atoms with Crippen LogP contribution in [0, 0.1) is 0 Å². The minimum atomic E-state index is -4.49. The number of rotatable bonds is 4. The molecule has 0 unspecified atom stereocenters. The number of anilines is 1. The largest absolute Gasteiger partial charge is 0.416 e. The van der Waals surface area contributed by atoms with Gasteiger partial charge in [0.1, 0.15) is 0 Å². The summed E-state index contributed by atoms with van der Waals surface area (Å²) in [6, 6.07) is 12.1. The number of halogens is 4. The van der Waals surface area contributed by atoms with Crippen LogP contribution in [0.1, 0.15) is 12.5 Å². The van der Waals surface area contributed by atoms with E-state index in [-0.39, 0.29) is 10.7 Å². The molecule has 0 aliphatic rings. The number of benzene rings is 2. The van der Waals surface area contributed by atoms with Crippen molar-refractivity contribution in [3.63, 3.8) is 0 Å². The summed E-state index contributed by atoms with van der Waals surface area (Å²) in [5.41, 5.74) is -0.910. The number of thioether (sulfide) groups is 1. The molecule has 2 nitrogen and oxygen atoms in total. The maximum absolute atomic E-state index is 12.7. The standard InChI is InChI=1S/C16H13ClF3NOS/c1-10(23-12-5-3-2-4-6-12)15(22)21-14-9-11(16(18,19)20)7-8-13(14)17/h2-10H,1H3,(H,21,22)/t10-/m0/s1. The smallest absolute Gasteiger partial charge is 0.324 e. The molecule has 0 radical (unpaired) electrons. The summed E-state index contributed by atoms with van der Waals surface area (Å²) in [6.45, 7) is 1.68. The van der Waals surface area contributed by atoms with Crippen LogP contribution in [0.5, 0.6) is 0 Å². The average molecular weight is 360 g/mol. The Balaban J connectivity index is 2.10. The van der Waals surface area contributed by atoms with E-state index in [2.05, 4.69) is 5.32 Å². The Labute approximate surface area is 141 Å². The van der Waals surface area contributed by atoms with E-state index in [1.807, 2.05) is 30.3 Å². The van der Waals surface area contributed by atoms with Gasteiger partial charge in [-0.05, 0) is 37.3 Å². The molecule has 0 saturated heterocycles. The van der Waals surface area contributed by atoms with E-state index in [4.69, 9.17) is 11.6 Å². The summed E-state index contributed by atoms with van der Waals surface area (Å²) in [6.07, 6.45) is -4.49. The van der Waals surface area contributed by atoms with Crippen LogP contribution in [0.2, 0.25) is 5.02 Å². The van der Waals surface area contributed by atoms with Crippen molar-refractivity contribution >= 4 is 35.0 Å². The molecule has 0 fully saturated rings. The van der Waals surface area contributed by atoms with E-state index in [1.165, 1.54) is 11.8 Å². The number of nitrogens with one attached hydrogen (secondary N) is 1. The number of carbonyl (C=O) groups is 1. The first kappa shape index (κ1) is 17.7. The zero-order valence-corrected chi connectivity index (χ0v) is 13.6. The van der Waals surface area contributed by atoms with E-state index in [0.717, 1.165) is 23.1 Å². The Morgan fingerprint density at radius 3 is 2.43 bits per heavy atom. The minimum Gasteiger partial charge on any atom is -0.324 e. The van der Waals surface area contributed by atoms with Gasteiger partial charge in [0, 0.05) is 4.90 Å². The summed E-state index contributed by atoms with van der Waals surface area (Å²) >= 11 is 7.18. The van der Waals surface area contributed by atoms with Gasteiger partial charge in [0.25, 0.3) is 0 Å². The van der Waals surface area contributed by atoms with Gasteiger partial charge in [-0.1, -0.05) is 29.8 Å². The van der Waals surface area contributed by atoms with Gasteiger partial charge in [0.05, 0.1) is 21.5 Å². The van der Waals surface area contributed by atoms with E-state index in [9.17, 15) is 18.0 Å². The molecule has 7 heteroatoms. The summed E-state index contributed by atoms with van der Waals surface area (Å²) in [5.74, 6) is -0.417. The zero-order valence-electron chi connectivity index (χ0n) is 12.0. The summed E-state index contributed by atoms with van der Waals surface area (Å²) in [5, 5.41) is 2.03. The fourth-order valence-corrected chi connectivity index (χ4v) is 2.84. The molecule has 0 saturated carbocycles. The lowest BCUT2D eigenvalue weighted by Crippen LogP contribution is -2.22. The molecule has 122 valence electrons. The number of alkyl halides is 3. The quantitative estimate of drug-likeness (QED) is 0.732. The van der Waals surface area contributed by atoms with E-state index in [0.29, 0.717) is 0 Å². The number of hydrogen-bond donors (Lipinski definition) is 1. The summed E-state index contributed by atoms with van der Waals surface area (Å²) in [7, 11) is 0. The first-order valence-electron chi connectivity index (χ1n) is 6.66. The van der Waals surface area contributed by atoms with Gasteiger partial charge in [0.15, 0.2) is 0 Å². The van der Waals surface area contributed by atoms with Crippen LogP contribution in [0.15, 0.2) is 53.4 Å². The van der Waals surface area contributed by atoms with Crippen LogP contribution in [-0.4, -0.2) is 11.2 Å². The second kappa shape index (κ2) is 7.27. The molecule has 0 aliphatic carbocycles. The lowest BCUT2D eigenvalue weighted by atomic mass is 10.2. The highest BCUT2D eigenvalue weighted by Crippen LogP contribution is 2.34. The molecule has 0 bridgehead atoms. The molecule has 1 amide bonds. The van der Waals surface area contributed by atoms with Crippen LogP contribution in [0.25, 0.3) is 0 Å². The van der Waals surface area contributed by atoms with Crippen LogP contribution in [0.3, 0.4) is 0 Å². The zero-order chi connectivity index (χ0) is 17.0. The molecular weight excluding hydrogens is 347 g/mol. The first-order chi connectivity index (χ1) is 10.8. The molecule has 1 atom stereocenters. The predicted molar refractivity (Wildman–Crippen MR) is 86.8 cm³/mol. The Bertz CT molecular complexity index is 691. The van der Waals surface area contributed by atoms with Crippen molar-refractivity contribution in [2.24, 2.45) is 0 Å². The van der Waals surface area contributed by atoms with Crippen molar-refractivity contribution in [2.45, 2.75) is 23.2 Å². The second-order valence-corrected chi connectivity index (χ2v) is 6.58. The fraction of sp³-hybridized carbons (Fsp3) is 0.188. The molecule has 0 heterocycles. The van der Waals surface area contributed by atoms with Gasteiger partial charge in [-0.3, -0.25) is 4.79 Å². The van der Waals surface area contributed by atoms with E-state index in [1.54, 1.807) is 6.92 Å². The highest BCUT2D eigenvalue weighted by molar-refractivity contribution is 8.00. The van der Waals surface area contributed by atoms with E-state index < -0.39 is 22.9 Å². The molecule has 1 N–H and O–H groups in total. The minimum absolute atomic E-state index is 0.0491. The van der Waals surface area contributed by atoms with Crippen molar-refractivity contribution in [2.75, 3.05) is 5.32 Å². The third kappa shape index (κ3) is 4.91. The van der Waals surface area contributed by atoms with Gasteiger partial charge in [0.2, 0.25) is 5.91 Å². The Hall–Kier alpha value is -1.66. The Kier molecular flexibility index (Phi) is 5.59. The van der Waals surface area contributed by atoms with Crippen LogP contribution in [-0.2, 0) is 11.0 Å². The van der Waals surface area contributed by atoms with Crippen molar-refractivity contribution in [1.82, 2.24) is 0 Å².